The molecule has 0 aromatic carbocycles. The minimum absolute atomic E-state index is 0.0396. The molecule has 2 aliphatic rings. The fourth-order valence-corrected chi connectivity index (χ4v) is 5.25. The molecule has 1 heterocycles. The Hall–Kier alpha value is -2.65. The lowest BCUT2D eigenvalue weighted by molar-refractivity contribution is -0.143. The zero-order valence-corrected chi connectivity index (χ0v) is 23.1. The van der Waals surface area contributed by atoms with Crippen LogP contribution in [0.15, 0.2) is 0 Å². The van der Waals surface area contributed by atoms with Gasteiger partial charge in [0.05, 0.1) is 6.04 Å². The van der Waals surface area contributed by atoms with Gasteiger partial charge < -0.3 is 26.0 Å². The zero-order chi connectivity index (χ0) is 27.8. The summed E-state index contributed by atoms with van der Waals surface area (Å²) in [6.45, 7) is 9.89. The zero-order valence-electron chi connectivity index (χ0n) is 23.1. The molecule has 37 heavy (non-hydrogen) atoms. The molecule has 3 atom stereocenters. The van der Waals surface area contributed by atoms with Gasteiger partial charge in [0.2, 0.25) is 17.6 Å². The molecule has 2 rings (SSSR count). The van der Waals surface area contributed by atoms with Crippen LogP contribution in [0.1, 0.15) is 98.8 Å². The third-order valence-electron chi connectivity index (χ3n) is 7.92. The Morgan fingerprint density at radius 2 is 1.59 bits per heavy atom. The molecule has 1 saturated heterocycles. The highest BCUT2D eigenvalue weighted by atomic mass is 16.6. The molecule has 0 aromatic heterocycles. The van der Waals surface area contributed by atoms with Gasteiger partial charge in [-0.2, -0.15) is 0 Å². The van der Waals surface area contributed by atoms with Crippen LogP contribution in [0.3, 0.4) is 0 Å². The molecule has 4 amide bonds. The van der Waals surface area contributed by atoms with Gasteiger partial charge in [-0.05, 0) is 63.7 Å². The third-order valence-corrected chi connectivity index (χ3v) is 7.92. The first kappa shape index (κ1) is 30.6. The van der Waals surface area contributed by atoms with Crippen molar-refractivity contribution in [3.8, 4) is 0 Å². The summed E-state index contributed by atoms with van der Waals surface area (Å²) in [7, 11) is 0. The van der Waals surface area contributed by atoms with Crippen LogP contribution >= 0.6 is 0 Å². The fourth-order valence-electron chi connectivity index (χ4n) is 5.25. The molecule has 0 radical (unpaired) electrons. The van der Waals surface area contributed by atoms with E-state index in [1.807, 2.05) is 34.6 Å². The molecule has 1 saturated carbocycles. The quantitative estimate of drug-likeness (QED) is 0.336. The SMILES string of the molecule is CCC(C)(CC)OC(=O)NC(C(=O)N1CCCC1C(=O)NC(CC(C)C)C(=O)C(N)=O)C1CCCCC1. The molecule has 2 fully saturated rings. The number of nitrogens with zero attached hydrogens (tertiary/aromatic N) is 1. The van der Waals surface area contributed by atoms with Gasteiger partial charge in [0.25, 0.3) is 5.91 Å². The fraction of sp³-hybridized carbons (Fsp3) is 0.815. The van der Waals surface area contributed by atoms with E-state index in [4.69, 9.17) is 10.5 Å². The van der Waals surface area contributed by atoms with E-state index < -0.39 is 47.4 Å². The molecule has 3 unspecified atom stereocenters. The van der Waals surface area contributed by atoms with Crippen LogP contribution in [0.25, 0.3) is 0 Å². The number of likely N-dealkylation sites (tertiary alicyclic amines) is 1. The number of hydrogen-bond donors (Lipinski definition) is 3. The van der Waals surface area contributed by atoms with Crippen molar-refractivity contribution >= 4 is 29.6 Å². The molecule has 1 aliphatic heterocycles. The highest BCUT2D eigenvalue weighted by Crippen LogP contribution is 2.30. The predicted octanol–water partition coefficient (Wildman–Crippen LogP) is 2.82. The van der Waals surface area contributed by atoms with Crippen molar-refractivity contribution in [2.24, 2.45) is 17.6 Å². The van der Waals surface area contributed by atoms with Gasteiger partial charge >= 0.3 is 6.09 Å². The van der Waals surface area contributed by atoms with E-state index in [1.54, 1.807) is 0 Å². The lowest BCUT2D eigenvalue weighted by Gasteiger charge is -2.35. The molecule has 10 heteroatoms. The number of amides is 4. The molecule has 4 N–H and O–H groups in total. The Kier molecular flexibility index (Phi) is 11.4. The maximum atomic E-state index is 13.8. The first-order valence-electron chi connectivity index (χ1n) is 13.9. The summed E-state index contributed by atoms with van der Waals surface area (Å²) in [6, 6.07) is -2.62. The summed E-state index contributed by atoms with van der Waals surface area (Å²) in [5.74, 6) is -2.75. The normalized spacial score (nSPS) is 20.3. The Bertz CT molecular complexity index is 835. The second-order valence-electron chi connectivity index (χ2n) is 11.2. The van der Waals surface area contributed by atoms with Crippen molar-refractivity contribution in [3.63, 3.8) is 0 Å². The van der Waals surface area contributed by atoms with Crippen LogP contribution < -0.4 is 16.4 Å². The number of carbonyl (C=O) groups excluding carboxylic acids is 5. The highest BCUT2D eigenvalue weighted by molar-refractivity contribution is 6.37. The van der Waals surface area contributed by atoms with E-state index >= 15 is 0 Å². The number of ether oxygens (including phenoxy) is 1. The Labute approximate surface area is 220 Å². The van der Waals surface area contributed by atoms with Gasteiger partial charge in [0.15, 0.2) is 0 Å². The summed E-state index contributed by atoms with van der Waals surface area (Å²) < 4.78 is 5.70. The largest absolute Gasteiger partial charge is 0.443 e. The summed E-state index contributed by atoms with van der Waals surface area (Å²) >= 11 is 0. The maximum absolute atomic E-state index is 13.8. The Morgan fingerprint density at radius 1 is 0.973 bits per heavy atom. The predicted molar refractivity (Wildman–Crippen MR) is 139 cm³/mol. The van der Waals surface area contributed by atoms with Crippen LogP contribution in [0.2, 0.25) is 0 Å². The molecular weight excluding hydrogens is 476 g/mol. The van der Waals surface area contributed by atoms with Gasteiger partial charge in [-0.3, -0.25) is 19.2 Å². The number of nitrogens with two attached hydrogens (primary N) is 1. The first-order chi connectivity index (χ1) is 17.4. The van der Waals surface area contributed by atoms with E-state index in [9.17, 15) is 24.0 Å². The van der Waals surface area contributed by atoms with Gasteiger partial charge in [-0.15, -0.1) is 0 Å². The van der Waals surface area contributed by atoms with E-state index in [0.717, 1.165) is 32.1 Å². The van der Waals surface area contributed by atoms with Crippen molar-refractivity contribution in [1.82, 2.24) is 15.5 Å². The van der Waals surface area contributed by atoms with Crippen molar-refractivity contribution < 1.29 is 28.7 Å². The number of nitrogens with one attached hydrogen (secondary N) is 2. The molecule has 1 aliphatic carbocycles. The van der Waals surface area contributed by atoms with Crippen LogP contribution in [0, 0.1) is 11.8 Å². The van der Waals surface area contributed by atoms with Gasteiger partial charge in [0, 0.05) is 6.54 Å². The number of alkyl carbamates (subject to hydrolysis) is 1. The Morgan fingerprint density at radius 3 is 2.14 bits per heavy atom. The van der Waals surface area contributed by atoms with E-state index in [-0.39, 0.29) is 24.2 Å². The lowest BCUT2D eigenvalue weighted by atomic mass is 9.83. The number of primary amides is 1. The molecule has 210 valence electrons. The summed E-state index contributed by atoms with van der Waals surface area (Å²) in [4.78, 5) is 65.3. The molecule has 10 nitrogen and oxygen atoms in total. The van der Waals surface area contributed by atoms with Crippen LogP contribution in [-0.2, 0) is 23.9 Å². The molecular formula is C27H46N4O6. The van der Waals surface area contributed by atoms with E-state index in [1.165, 1.54) is 4.90 Å². The van der Waals surface area contributed by atoms with Crippen molar-refractivity contribution in [2.45, 2.75) is 123 Å². The van der Waals surface area contributed by atoms with Crippen LogP contribution in [0.4, 0.5) is 4.79 Å². The minimum atomic E-state index is -1.10. The van der Waals surface area contributed by atoms with Crippen molar-refractivity contribution in [1.29, 1.82) is 0 Å². The number of hydrogen-bond acceptors (Lipinski definition) is 6. The second kappa shape index (κ2) is 13.8. The number of Topliss-reactive ketones (excluding diaryl/α,β-unsaturated/α-hetero) is 1. The van der Waals surface area contributed by atoms with Gasteiger partial charge in [-0.25, -0.2) is 4.79 Å². The molecule has 0 bridgehead atoms. The number of rotatable bonds is 12. The van der Waals surface area contributed by atoms with Crippen LogP contribution in [-0.4, -0.2) is 64.8 Å². The molecule has 0 spiro atoms. The topological polar surface area (TPSA) is 148 Å². The second-order valence-corrected chi connectivity index (χ2v) is 11.2. The summed E-state index contributed by atoms with van der Waals surface area (Å²) in [5.41, 5.74) is 4.57. The van der Waals surface area contributed by atoms with Gasteiger partial charge in [-0.1, -0.05) is 47.0 Å². The summed E-state index contributed by atoms with van der Waals surface area (Å²) in [6.07, 6.45) is 6.64. The van der Waals surface area contributed by atoms with E-state index in [0.29, 0.717) is 32.2 Å². The average molecular weight is 523 g/mol. The number of ketones is 1. The smallest absolute Gasteiger partial charge is 0.408 e. The first-order valence-corrected chi connectivity index (χ1v) is 13.9. The van der Waals surface area contributed by atoms with Gasteiger partial charge in [0.1, 0.15) is 17.7 Å². The Balaban J connectivity index is 2.21. The number of carbonyl (C=O) groups is 5. The molecule has 0 aromatic rings. The summed E-state index contributed by atoms with van der Waals surface area (Å²) in [5, 5.41) is 5.51. The van der Waals surface area contributed by atoms with E-state index in [2.05, 4.69) is 10.6 Å². The minimum Gasteiger partial charge on any atom is -0.443 e. The van der Waals surface area contributed by atoms with Crippen molar-refractivity contribution in [3.05, 3.63) is 0 Å². The monoisotopic (exact) mass is 522 g/mol. The third kappa shape index (κ3) is 8.43. The average Bonchev–Trinajstić information content (AvgIpc) is 3.36. The standard InChI is InChI=1S/C27H46N4O6/c1-6-27(5,7-2)37-26(36)30-21(18-12-9-8-10-13-18)25(35)31-15-11-14-20(31)24(34)29-19(16-17(3)4)22(32)23(28)33/h17-21H,6-16H2,1-5H3,(H2,28,33)(H,29,34)(H,30,36). The van der Waals surface area contributed by atoms with Crippen LogP contribution in [0.5, 0.6) is 0 Å². The van der Waals surface area contributed by atoms with Crippen molar-refractivity contribution in [2.75, 3.05) is 6.54 Å². The maximum Gasteiger partial charge on any atom is 0.408 e. The highest BCUT2D eigenvalue weighted by Gasteiger charge is 2.42. The lowest BCUT2D eigenvalue weighted by Crippen LogP contribution is -2.58.